The highest BCUT2D eigenvalue weighted by Crippen LogP contribution is 2.40. The van der Waals surface area contributed by atoms with Gasteiger partial charge in [-0.15, -0.1) is 0 Å². The van der Waals surface area contributed by atoms with Crippen molar-refractivity contribution < 1.29 is 18.3 Å². The van der Waals surface area contributed by atoms with E-state index in [4.69, 9.17) is 4.74 Å². The van der Waals surface area contributed by atoms with E-state index < -0.39 is 11.6 Å². The number of aromatic nitrogens is 2. The number of hydrogen-bond acceptors (Lipinski definition) is 3. The summed E-state index contributed by atoms with van der Waals surface area (Å²) in [5, 5.41) is 2.72. The summed E-state index contributed by atoms with van der Waals surface area (Å²) in [5.74, 6) is -0.779. The third-order valence-electron chi connectivity index (χ3n) is 4.46. The molecule has 1 atom stereocenters. The molecule has 0 radical (unpaired) electrons. The third-order valence-corrected chi connectivity index (χ3v) is 4.46. The molecular weight excluding hydrogens is 340 g/mol. The number of hydrogen-bond donors (Lipinski definition) is 1. The topological polar surface area (TPSA) is 56.1 Å². The second kappa shape index (κ2) is 6.25. The van der Waals surface area contributed by atoms with E-state index in [9.17, 15) is 13.6 Å². The second-order valence-electron chi connectivity index (χ2n) is 5.99. The number of nitrogens with one attached hydrogen (secondary N) is 1. The average Bonchev–Trinajstić information content (AvgIpc) is 3.06. The summed E-state index contributed by atoms with van der Waals surface area (Å²) in [7, 11) is 1.56. The molecule has 1 N–H and O–H groups in total. The molecule has 7 heteroatoms. The van der Waals surface area contributed by atoms with Crippen LogP contribution in [-0.4, -0.2) is 22.6 Å². The summed E-state index contributed by atoms with van der Waals surface area (Å²) in [6.45, 7) is 0. The van der Waals surface area contributed by atoms with Crippen molar-refractivity contribution in [2.24, 2.45) is 0 Å². The molecule has 1 aromatic heterocycles. The molecule has 0 bridgehead atoms. The Hall–Kier alpha value is -3.22. The minimum Gasteiger partial charge on any atom is -0.496 e. The molecule has 1 amide bonds. The highest BCUT2D eigenvalue weighted by molar-refractivity contribution is 5.94. The van der Waals surface area contributed by atoms with Gasteiger partial charge in [-0.25, -0.2) is 13.8 Å². The minimum atomic E-state index is -0.611. The van der Waals surface area contributed by atoms with Crippen LogP contribution in [0.2, 0.25) is 0 Å². The number of carbonyl (C=O) groups is 1. The lowest BCUT2D eigenvalue weighted by Crippen LogP contribution is -2.25. The number of fused-ring (bicyclic) bond motifs is 1. The molecule has 5 nitrogen and oxygen atoms in total. The van der Waals surface area contributed by atoms with E-state index in [2.05, 4.69) is 10.3 Å². The highest BCUT2D eigenvalue weighted by atomic mass is 19.1. The molecule has 1 aliphatic heterocycles. The predicted octanol–water partition coefficient (Wildman–Crippen LogP) is 3.63. The number of para-hydroxylation sites is 1. The molecule has 26 heavy (non-hydrogen) atoms. The van der Waals surface area contributed by atoms with Gasteiger partial charge in [0.05, 0.1) is 18.5 Å². The number of amides is 1. The standard InChI is InChI=1S/C19H15F2N3O2/c1-26-16-5-3-2-4-12(16)13-9-17(25)23-19-18(13)22-10-24(19)15-8-11(20)6-7-14(15)21/h2-8,10,13H,9H2,1H3,(H,23,25)/t13-/m0/s1. The Bertz CT molecular complexity index is 1000. The fourth-order valence-corrected chi connectivity index (χ4v) is 3.27. The molecule has 132 valence electrons. The number of nitrogens with zero attached hydrogens (tertiary/aromatic N) is 2. The highest BCUT2D eigenvalue weighted by Gasteiger charge is 2.33. The monoisotopic (exact) mass is 355 g/mol. The van der Waals surface area contributed by atoms with Gasteiger partial charge in [0.25, 0.3) is 0 Å². The van der Waals surface area contributed by atoms with Crippen molar-refractivity contribution in [2.45, 2.75) is 12.3 Å². The number of benzene rings is 2. The largest absolute Gasteiger partial charge is 0.496 e. The zero-order valence-corrected chi connectivity index (χ0v) is 13.9. The molecule has 1 aliphatic rings. The summed E-state index contributed by atoms with van der Waals surface area (Å²) in [6.07, 6.45) is 1.58. The van der Waals surface area contributed by atoms with Gasteiger partial charge in [-0.3, -0.25) is 9.36 Å². The number of rotatable bonds is 3. The number of ether oxygens (including phenoxy) is 1. The smallest absolute Gasteiger partial charge is 0.226 e. The first kappa shape index (κ1) is 16.3. The maximum atomic E-state index is 14.2. The van der Waals surface area contributed by atoms with Crippen LogP contribution in [-0.2, 0) is 4.79 Å². The fraction of sp³-hybridized carbons (Fsp3) is 0.158. The quantitative estimate of drug-likeness (QED) is 0.781. The molecule has 0 aliphatic carbocycles. The first-order valence-electron chi connectivity index (χ1n) is 8.04. The Morgan fingerprint density at radius 3 is 2.85 bits per heavy atom. The van der Waals surface area contributed by atoms with E-state index in [1.807, 2.05) is 24.3 Å². The van der Waals surface area contributed by atoms with Gasteiger partial charge in [-0.2, -0.15) is 0 Å². The molecule has 2 aromatic carbocycles. The van der Waals surface area contributed by atoms with Gasteiger partial charge in [-0.1, -0.05) is 18.2 Å². The van der Waals surface area contributed by atoms with Crippen LogP contribution >= 0.6 is 0 Å². The normalized spacial score (nSPS) is 16.1. The SMILES string of the molecule is COc1ccccc1[C@@H]1CC(=O)Nc2c1ncn2-c1cc(F)ccc1F. The summed E-state index contributed by atoms with van der Waals surface area (Å²) in [5.41, 5.74) is 1.38. The van der Waals surface area contributed by atoms with Crippen LogP contribution in [0.5, 0.6) is 5.75 Å². The fourth-order valence-electron chi connectivity index (χ4n) is 3.27. The average molecular weight is 355 g/mol. The molecule has 4 rings (SSSR count). The molecular formula is C19H15F2N3O2. The molecule has 2 heterocycles. The van der Waals surface area contributed by atoms with Crippen molar-refractivity contribution in [1.82, 2.24) is 9.55 Å². The van der Waals surface area contributed by atoms with Crippen LogP contribution in [0.1, 0.15) is 23.6 Å². The lowest BCUT2D eigenvalue weighted by Gasteiger charge is -2.24. The van der Waals surface area contributed by atoms with Crippen molar-refractivity contribution in [3.8, 4) is 11.4 Å². The number of carbonyl (C=O) groups excluding carboxylic acids is 1. The Balaban J connectivity index is 1.87. The van der Waals surface area contributed by atoms with Gasteiger partial charge < -0.3 is 10.1 Å². The maximum Gasteiger partial charge on any atom is 0.226 e. The summed E-state index contributed by atoms with van der Waals surface area (Å²) < 4.78 is 34.5. The lowest BCUT2D eigenvalue weighted by atomic mass is 9.89. The van der Waals surface area contributed by atoms with Crippen LogP contribution in [0.25, 0.3) is 5.69 Å². The van der Waals surface area contributed by atoms with Gasteiger partial charge >= 0.3 is 0 Å². The van der Waals surface area contributed by atoms with Gasteiger partial charge in [-0.05, 0) is 18.2 Å². The van der Waals surface area contributed by atoms with Crippen molar-refractivity contribution in [1.29, 1.82) is 0 Å². The Kier molecular flexibility index (Phi) is 3.91. The Labute approximate surface area is 148 Å². The zero-order valence-electron chi connectivity index (χ0n) is 13.9. The number of halogens is 2. The summed E-state index contributed by atoms with van der Waals surface area (Å²) in [4.78, 5) is 16.7. The first-order chi connectivity index (χ1) is 12.6. The van der Waals surface area contributed by atoms with E-state index >= 15 is 0 Å². The summed E-state index contributed by atoms with van der Waals surface area (Å²) in [6, 6.07) is 10.5. The van der Waals surface area contributed by atoms with Gasteiger partial charge in [0, 0.05) is 24.0 Å². The lowest BCUT2D eigenvalue weighted by molar-refractivity contribution is -0.116. The van der Waals surface area contributed by atoms with Crippen LogP contribution in [0.4, 0.5) is 14.6 Å². The molecule has 3 aromatic rings. The van der Waals surface area contributed by atoms with Crippen LogP contribution in [0.15, 0.2) is 48.8 Å². The minimum absolute atomic E-state index is 0.0141. The van der Waals surface area contributed by atoms with Crippen LogP contribution in [0, 0.1) is 11.6 Å². The third kappa shape index (κ3) is 2.61. The maximum absolute atomic E-state index is 14.2. The number of anilines is 1. The van der Waals surface area contributed by atoms with Crippen LogP contribution < -0.4 is 10.1 Å². The van der Waals surface area contributed by atoms with Gasteiger partial charge in [0.2, 0.25) is 5.91 Å². The number of methoxy groups -OCH3 is 1. The zero-order chi connectivity index (χ0) is 18.3. The number of imidazole rings is 1. The molecule has 0 spiro atoms. The van der Waals surface area contributed by atoms with Crippen LogP contribution in [0.3, 0.4) is 0 Å². The molecule has 0 saturated heterocycles. The van der Waals surface area contributed by atoms with E-state index in [0.717, 1.165) is 23.8 Å². The van der Waals surface area contributed by atoms with E-state index in [1.165, 1.54) is 10.9 Å². The molecule has 0 unspecified atom stereocenters. The molecule has 0 fully saturated rings. The van der Waals surface area contributed by atoms with Crippen molar-refractivity contribution in [2.75, 3.05) is 12.4 Å². The van der Waals surface area contributed by atoms with E-state index in [0.29, 0.717) is 17.3 Å². The first-order valence-corrected chi connectivity index (χ1v) is 8.04. The second-order valence-corrected chi connectivity index (χ2v) is 5.99. The van der Waals surface area contributed by atoms with Crippen molar-refractivity contribution >= 4 is 11.7 Å². The predicted molar refractivity (Wildman–Crippen MR) is 91.6 cm³/mol. The van der Waals surface area contributed by atoms with Crippen molar-refractivity contribution in [3.63, 3.8) is 0 Å². The van der Waals surface area contributed by atoms with E-state index in [-0.39, 0.29) is 23.9 Å². The van der Waals surface area contributed by atoms with E-state index in [1.54, 1.807) is 7.11 Å². The van der Waals surface area contributed by atoms with Gasteiger partial charge in [0.15, 0.2) is 0 Å². The van der Waals surface area contributed by atoms with Gasteiger partial charge in [0.1, 0.15) is 29.5 Å². The Morgan fingerprint density at radius 1 is 1.23 bits per heavy atom. The van der Waals surface area contributed by atoms with Crippen molar-refractivity contribution in [3.05, 3.63) is 71.7 Å². The molecule has 0 saturated carbocycles. The summed E-state index contributed by atoms with van der Waals surface area (Å²) >= 11 is 0. The Morgan fingerprint density at radius 2 is 2.04 bits per heavy atom.